The Morgan fingerprint density at radius 2 is 2.14 bits per heavy atom. The van der Waals surface area contributed by atoms with Crippen LogP contribution in [0.15, 0.2) is 0 Å². The summed E-state index contributed by atoms with van der Waals surface area (Å²) in [5, 5.41) is 10.5. The van der Waals surface area contributed by atoms with Gasteiger partial charge in [0.05, 0.1) is 0 Å². The quantitative estimate of drug-likeness (QED) is 0.407. The van der Waals surface area contributed by atoms with Crippen molar-refractivity contribution in [3.63, 3.8) is 0 Å². The highest BCUT2D eigenvalue weighted by Gasteiger charge is 1.68. The van der Waals surface area contributed by atoms with Gasteiger partial charge in [-0.25, -0.2) is 5.11 Å². The molecule has 0 aromatic heterocycles. The molecule has 0 unspecified atom stereocenters. The molecule has 0 heterocycles. The van der Waals surface area contributed by atoms with Crippen LogP contribution in [0.1, 0.15) is 6.42 Å². The number of rotatable bonds is 1. The summed E-state index contributed by atoms with van der Waals surface area (Å²) in [6, 6.07) is 0. The van der Waals surface area contributed by atoms with Gasteiger partial charge < -0.3 is 0 Å². The van der Waals surface area contributed by atoms with E-state index in [4.69, 9.17) is 0 Å². The maximum Gasteiger partial charge on any atom is 0.143 e. The summed E-state index contributed by atoms with van der Waals surface area (Å²) < 4.78 is 0. The molecule has 0 saturated carbocycles. The van der Waals surface area contributed by atoms with Crippen molar-refractivity contribution in [3.05, 3.63) is 0 Å². The van der Waals surface area contributed by atoms with Gasteiger partial charge in [0, 0.05) is 11.8 Å². The Hall–Kier alpha value is 0. The van der Waals surface area contributed by atoms with Crippen LogP contribution in [0.4, 0.5) is 0 Å². The van der Waals surface area contributed by atoms with E-state index in [1.807, 2.05) is 0 Å². The number of hydrogen-bond acceptors (Lipinski definition) is 0. The minimum Gasteiger partial charge on any atom is -0.223 e. The molecule has 7 heavy (non-hydrogen) atoms. The standard InChI is InChI=1S/C5H6BrO/c6-4-2-1-3-5-7/h2,4-5H2. The van der Waals surface area contributed by atoms with E-state index in [1.54, 1.807) is 0 Å². The summed E-state index contributed by atoms with van der Waals surface area (Å²) in [5.41, 5.74) is 0. The first-order valence-electron chi connectivity index (χ1n) is 2.01. The topological polar surface area (TPSA) is 19.9 Å². The molecule has 0 spiro atoms. The molecule has 0 rings (SSSR count). The second kappa shape index (κ2) is 6.00. The summed E-state index contributed by atoms with van der Waals surface area (Å²) in [6.07, 6.45) is 0.780. The van der Waals surface area contributed by atoms with Crippen LogP contribution in [0.5, 0.6) is 0 Å². The zero-order chi connectivity index (χ0) is 5.54. The number of hydrogen-bond donors (Lipinski definition) is 0. The summed E-state index contributed by atoms with van der Waals surface area (Å²) in [5.74, 6) is 5.09. The van der Waals surface area contributed by atoms with Crippen molar-refractivity contribution >= 4 is 15.9 Å². The monoisotopic (exact) mass is 161 g/mol. The van der Waals surface area contributed by atoms with E-state index in [2.05, 4.69) is 27.8 Å². The Morgan fingerprint density at radius 1 is 1.43 bits per heavy atom. The van der Waals surface area contributed by atoms with Crippen LogP contribution in [-0.2, 0) is 5.11 Å². The summed E-state index contributed by atoms with van der Waals surface area (Å²) in [7, 11) is 0. The highest BCUT2D eigenvalue weighted by atomic mass is 79.9. The van der Waals surface area contributed by atoms with E-state index in [0.717, 1.165) is 11.8 Å². The van der Waals surface area contributed by atoms with Crippen molar-refractivity contribution in [3.8, 4) is 11.8 Å². The molecule has 0 aromatic rings. The van der Waals surface area contributed by atoms with Gasteiger partial charge in [-0.15, -0.1) is 0 Å². The predicted molar refractivity (Wildman–Crippen MR) is 31.7 cm³/mol. The zero-order valence-electron chi connectivity index (χ0n) is 3.91. The third-order valence-corrected chi connectivity index (χ3v) is 0.813. The van der Waals surface area contributed by atoms with Crippen molar-refractivity contribution in [2.45, 2.75) is 6.42 Å². The summed E-state index contributed by atoms with van der Waals surface area (Å²) in [4.78, 5) is 0. The maximum atomic E-state index is 9.62. The van der Waals surface area contributed by atoms with Crippen molar-refractivity contribution in [1.82, 2.24) is 0 Å². The van der Waals surface area contributed by atoms with Crippen LogP contribution in [0, 0.1) is 11.8 Å². The molecule has 0 saturated heterocycles. The van der Waals surface area contributed by atoms with Gasteiger partial charge in [0.15, 0.2) is 0 Å². The molecule has 1 radical (unpaired) electrons. The van der Waals surface area contributed by atoms with Gasteiger partial charge >= 0.3 is 0 Å². The molecule has 0 aliphatic carbocycles. The molecular formula is C5H6BrO. The van der Waals surface area contributed by atoms with Crippen LogP contribution < -0.4 is 0 Å². The molecule has 0 fully saturated rings. The molecular weight excluding hydrogens is 156 g/mol. The lowest BCUT2D eigenvalue weighted by Gasteiger charge is -1.71. The molecule has 0 aliphatic rings. The summed E-state index contributed by atoms with van der Waals surface area (Å²) in [6.45, 7) is -0.271. The van der Waals surface area contributed by atoms with Crippen molar-refractivity contribution < 1.29 is 5.11 Å². The average molecular weight is 162 g/mol. The van der Waals surface area contributed by atoms with Crippen molar-refractivity contribution in [1.29, 1.82) is 0 Å². The SMILES string of the molecule is [O]CC#CCCBr. The average Bonchev–Trinajstić information content (AvgIpc) is 1.69. The van der Waals surface area contributed by atoms with Gasteiger partial charge in [0.2, 0.25) is 0 Å². The fraction of sp³-hybridized carbons (Fsp3) is 0.600. The first-order valence-corrected chi connectivity index (χ1v) is 3.13. The van der Waals surface area contributed by atoms with Crippen LogP contribution >= 0.6 is 15.9 Å². The third-order valence-electron chi connectivity index (χ3n) is 0.417. The first kappa shape index (κ1) is 7.00. The molecule has 0 bridgehead atoms. The first-order chi connectivity index (χ1) is 3.41. The van der Waals surface area contributed by atoms with Gasteiger partial charge in [-0.1, -0.05) is 27.8 Å². The van der Waals surface area contributed by atoms with Gasteiger partial charge in [-0.2, -0.15) is 0 Å². The smallest absolute Gasteiger partial charge is 0.143 e. The van der Waals surface area contributed by atoms with Crippen LogP contribution in [0.25, 0.3) is 0 Å². The lowest BCUT2D eigenvalue weighted by atomic mass is 10.5. The Kier molecular flexibility index (Phi) is 6.00. The largest absolute Gasteiger partial charge is 0.223 e. The Balaban J connectivity index is 2.91. The predicted octanol–water partition coefficient (Wildman–Crippen LogP) is 1.21. The third kappa shape index (κ3) is 6.00. The van der Waals surface area contributed by atoms with Gasteiger partial charge in [-0.3, -0.25) is 0 Å². The Labute approximate surface area is 51.9 Å². The highest BCUT2D eigenvalue weighted by Crippen LogP contribution is 1.82. The lowest BCUT2D eigenvalue weighted by Crippen LogP contribution is -1.70. The molecule has 0 amide bonds. The molecule has 0 atom stereocenters. The van der Waals surface area contributed by atoms with Crippen LogP contribution in [-0.4, -0.2) is 11.9 Å². The van der Waals surface area contributed by atoms with Gasteiger partial charge in [-0.05, 0) is 0 Å². The van der Waals surface area contributed by atoms with Crippen molar-refractivity contribution in [2.24, 2.45) is 0 Å². The second-order valence-corrected chi connectivity index (χ2v) is 1.73. The van der Waals surface area contributed by atoms with Crippen LogP contribution in [0.3, 0.4) is 0 Å². The molecule has 0 N–H and O–H groups in total. The van der Waals surface area contributed by atoms with Crippen LogP contribution in [0.2, 0.25) is 0 Å². The van der Waals surface area contributed by atoms with Gasteiger partial charge in [0.1, 0.15) is 6.61 Å². The van der Waals surface area contributed by atoms with E-state index in [-0.39, 0.29) is 6.61 Å². The molecule has 1 nitrogen and oxygen atoms in total. The maximum absolute atomic E-state index is 9.62. The number of halogens is 1. The lowest BCUT2D eigenvalue weighted by molar-refractivity contribution is 0.239. The van der Waals surface area contributed by atoms with E-state index < -0.39 is 0 Å². The highest BCUT2D eigenvalue weighted by molar-refractivity contribution is 9.09. The van der Waals surface area contributed by atoms with Gasteiger partial charge in [0.25, 0.3) is 0 Å². The van der Waals surface area contributed by atoms with Crippen molar-refractivity contribution in [2.75, 3.05) is 11.9 Å². The van der Waals surface area contributed by atoms with E-state index >= 15 is 0 Å². The molecule has 2 heteroatoms. The normalized spacial score (nSPS) is 7.14. The zero-order valence-corrected chi connectivity index (χ0v) is 5.49. The molecule has 0 aromatic carbocycles. The minimum atomic E-state index is -0.271. The summed E-state index contributed by atoms with van der Waals surface area (Å²) >= 11 is 3.18. The molecule has 39 valence electrons. The fourth-order valence-corrected chi connectivity index (χ4v) is 0.385. The molecule has 0 aliphatic heterocycles. The number of alkyl halides is 1. The second-order valence-electron chi connectivity index (χ2n) is 0.937. The van der Waals surface area contributed by atoms with E-state index in [1.165, 1.54) is 0 Å². The Morgan fingerprint density at radius 3 is 2.57 bits per heavy atom. The van der Waals surface area contributed by atoms with E-state index in [0.29, 0.717) is 0 Å². The Bertz CT molecular complexity index is 79.8. The minimum absolute atomic E-state index is 0.271. The van der Waals surface area contributed by atoms with E-state index in [9.17, 15) is 5.11 Å². The fourth-order valence-electron chi connectivity index (χ4n) is 0.187.